The van der Waals surface area contributed by atoms with Crippen molar-refractivity contribution in [3.05, 3.63) is 53.1 Å². The number of carbonyl (C=O) groups is 1. The van der Waals surface area contributed by atoms with Gasteiger partial charge in [-0.1, -0.05) is 6.07 Å². The van der Waals surface area contributed by atoms with Crippen LogP contribution in [0.4, 0.5) is 4.39 Å². The molecule has 1 aromatic carbocycles. The molecular formula is C15H14FN3O. The third-order valence-corrected chi connectivity index (χ3v) is 3.50. The largest absolute Gasteiger partial charge is 0.364 e. The minimum Gasteiger partial charge on any atom is -0.364 e. The summed E-state index contributed by atoms with van der Waals surface area (Å²) in [4.78, 5) is 14.9. The molecule has 3 N–H and O–H groups in total. The maximum absolute atomic E-state index is 14.2. The van der Waals surface area contributed by atoms with Crippen molar-refractivity contribution in [1.29, 1.82) is 0 Å². The standard InChI is InChI=1S/C15H14FN3O/c16-13-6-9-3-4-18-7-11(9)5-12(13)10-1-2-14(15(17)20)19-8-10/h1-2,5-6,8,18H,3-4,7H2,(H2,17,20). The molecule has 4 nitrogen and oxygen atoms in total. The van der Waals surface area contributed by atoms with Crippen LogP contribution in [0, 0.1) is 5.82 Å². The van der Waals surface area contributed by atoms with Crippen molar-refractivity contribution in [2.45, 2.75) is 13.0 Å². The number of fused-ring (bicyclic) bond motifs is 1. The van der Waals surface area contributed by atoms with E-state index < -0.39 is 5.91 Å². The first-order chi connectivity index (χ1) is 9.65. The van der Waals surface area contributed by atoms with E-state index in [1.54, 1.807) is 12.1 Å². The predicted molar refractivity (Wildman–Crippen MR) is 73.6 cm³/mol. The normalized spacial score (nSPS) is 13.8. The first-order valence-electron chi connectivity index (χ1n) is 6.43. The zero-order valence-corrected chi connectivity index (χ0v) is 10.8. The second kappa shape index (κ2) is 5.02. The molecule has 0 bridgehead atoms. The SMILES string of the molecule is NC(=O)c1ccc(-c2cc3c(cc2F)CCNC3)cn1. The molecule has 102 valence electrons. The summed E-state index contributed by atoms with van der Waals surface area (Å²) >= 11 is 0. The Morgan fingerprint density at radius 1 is 1.30 bits per heavy atom. The zero-order valence-electron chi connectivity index (χ0n) is 10.8. The number of pyridine rings is 1. The van der Waals surface area contributed by atoms with Gasteiger partial charge in [-0.05, 0) is 42.3 Å². The number of nitrogens with zero attached hydrogens (tertiary/aromatic N) is 1. The summed E-state index contributed by atoms with van der Waals surface area (Å²) in [7, 11) is 0. The van der Waals surface area contributed by atoms with E-state index >= 15 is 0 Å². The summed E-state index contributed by atoms with van der Waals surface area (Å²) in [5, 5.41) is 3.26. The van der Waals surface area contributed by atoms with Crippen LogP contribution in [-0.2, 0) is 13.0 Å². The lowest BCUT2D eigenvalue weighted by Crippen LogP contribution is -2.23. The van der Waals surface area contributed by atoms with Crippen molar-refractivity contribution >= 4 is 5.91 Å². The minimum absolute atomic E-state index is 0.175. The fourth-order valence-electron chi connectivity index (χ4n) is 2.42. The fraction of sp³-hybridized carbons (Fsp3) is 0.200. The van der Waals surface area contributed by atoms with Crippen molar-refractivity contribution in [1.82, 2.24) is 10.3 Å². The minimum atomic E-state index is -0.591. The van der Waals surface area contributed by atoms with Crippen LogP contribution in [-0.4, -0.2) is 17.4 Å². The molecule has 5 heteroatoms. The predicted octanol–water partition coefficient (Wildman–Crippen LogP) is 1.63. The van der Waals surface area contributed by atoms with Gasteiger partial charge >= 0.3 is 0 Å². The lowest BCUT2D eigenvalue weighted by Gasteiger charge is -2.18. The van der Waals surface area contributed by atoms with E-state index in [9.17, 15) is 9.18 Å². The maximum Gasteiger partial charge on any atom is 0.267 e. The number of aromatic nitrogens is 1. The quantitative estimate of drug-likeness (QED) is 0.872. The number of hydrogen-bond acceptors (Lipinski definition) is 3. The number of nitrogens with one attached hydrogen (secondary N) is 1. The van der Waals surface area contributed by atoms with Gasteiger partial charge in [0, 0.05) is 23.9 Å². The number of carbonyl (C=O) groups excluding carboxylic acids is 1. The topological polar surface area (TPSA) is 68.0 Å². The molecule has 0 aliphatic carbocycles. The highest BCUT2D eigenvalue weighted by atomic mass is 19.1. The maximum atomic E-state index is 14.2. The van der Waals surface area contributed by atoms with Crippen LogP contribution < -0.4 is 11.1 Å². The van der Waals surface area contributed by atoms with Crippen molar-refractivity contribution in [3.63, 3.8) is 0 Å². The van der Waals surface area contributed by atoms with Gasteiger partial charge in [-0.15, -0.1) is 0 Å². The van der Waals surface area contributed by atoms with Crippen LogP contribution in [0.15, 0.2) is 30.5 Å². The van der Waals surface area contributed by atoms with E-state index in [0.717, 1.165) is 30.6 Å². The molecule has 0 saturated heterocycles. The summed E-state index contributed by atoms with van der Waals surface area (Å²) in [5.74, 6) is -0.856. The van der Waals surface area contributed by atoms with Gasteiger partial charge in [0.05, 0.1) is 0 Å². The smallest absolute Gasteiger partial charge is 0.267 e. The summed E-state index contributed by atoms with van der Waals surface area (Å²) in [6, 6.07) is 6.61. The number of hydrogen-bond donors (Lipinski definition) is 2. The molecule has 0 spiro atoms. The molecule has 1 amide bonds. The lowest BCUT2D eigenvalue weighted by molar-refractivity contribution is 0.0995. The summed E-state index contributed by atoms with van der Waals surface area (Å²) in [6.07, 6.45) is 2.31. The van der Waals surface area contributed by atoms with Crippen LogP contribution in [0.5, 0.6) is 0 Å². The van der Waals surface area contributed by atoms with Crippen molar-refractivity contribution in [2.24, 2.45) is 5.73 Å². The van der Waals surface area contributed by atoms with Crippen LogP contribution in [0.25, 0.3) is 11.1 Å². The highest BCUT2D eigenvalue weighted by molar-refractivity contribution is 5.91. The Labute approximate surface area is 115 Å². The van der Waals surface area contributed by atoms with Gasteiger partial charge in [-0.2, -0.15) is 0 Å². The monoisotopic (exact) mass is 271 g/mol. The second-order valence-electron chi connectivity index (χ2n) is 4.82. The Bertz CT molecular complexity index is 668. The second-order valence-corrected chi connectivity index (χ2v) is 4.82. The zero-order chi connectivity index (χ0) is 14.1. The Morgan fingerprint density at radius 2 is 2.15 bits per heavy atom. The number of benzene rings is 1. The van der Waals surface area contributed by atoms with E-state index in [1.807, 2.05) is 6.07 Å². The molecule has 2 heterocycles. The number of halogens is 1. The number of rotatable bonds is 2. The molecule has 0 saturated carbocycles. The van der Waals surface area contributed by atoms with Crippen molar-refractivity contribution in [3.8, 4) is 11.1 Å². The Balaban J connectivity index is 2.03. The molecule has 1 aromatic heterocycles. The van der Waals surface area contributed by atoms with Crippen LogP contribution >= 0.6 is 0 Å². The highest BCUT2D eigenvalue weighted by Gasteiger charge is 2.14. The number of nitrogens with two attached hydrogens (primary N) is 1. The Kier molecular flexibility index (Phi) is 3.20. The van der Waals surface area contributed by atoms with E-state index in [4.69, 9.17) is 5.73 Å². The van der Waals surface area contributed by atoms with Crippen LogP contribution in [0.3, 0.4) is 0 Å². The van der Waals surface area contributed by atoms with Gasteiger partial charge in [0.1, 0.15) is 11.5 Å². The molecule has 0 atom stereocenters. The van der Waals surface area contributed by atoms with Gasteiger partial charge in [-0.25, -0.2) is 4.39 Å². The van der Waals surface area contributed by atoms with Crippen LogP contribution in [0.1, 0.15) is 21.6 Å². The average Bonchev–Trinajstić information content (AvgIpc) is 2.46. The first-order valence-corrected chi connectivity index (χ1v) is 6.43. The fourth-order valence-corrected chi connectivity index (χ4v) is 2.42. The van der Waals surface area contributed by atoms with Gasteiger partial charge in [0.15, 0.2) is 0 Å². The molecule has 0 unspecified atom stereocenters. The Hall–Kier alpha value is -2.27. The average molecular weight is 271 g/mol. The molecule has 0 radical (unpaired) electrons. The van der Waals surface area contributed by atoms with Gasteiger partial charge in [0.25, 0.3) is 5.91 Å². The van der Waals surface area contributed by atoms with E-state index in [2.05, 4.69) is 10.3 Å². The van der Waals surface area contributed by atoms with E-state index in [1.165, 1.54) is 12.3 Å². The molecule has 20 heavy (non-hydrogen) atoms. The third-order valence-electron chi connectivity index (χ3n) is 3.50. The molecule has 0 fully saturated rings. The van der Waals surface area contributed by atoms with E-state index in [0.29, 0.717) is 11.1 Å². The summed E-state index contributed by atoms with van der Waals surface area (Å²) in [6.45, 7) is 1.62. The third kappa shape index (κ3) is 2.28. The van der Waals surface area contributed by atoms with Gasteiger partial charge in [-0.3, -0.25) is 9.78 Å². The molecule has 1 aliphatic heterocycles. The number of amides is 1. The number of primary amides is 1. The molecular weight excluding hydrogens is 257 g/mol. The molecule has 3 rings (SSSR count). The molecule has 2 aromatic rings. The van der Waals surface area contributed by atoms with Gasteiger partial charge < -0.3 is 11.1 Å². The van der Waals surface area contributed by atoms with Crippen molar-refractivity contribution < 1.29 is 9.18 Å². The first kappa shape index (κ1) is 12.7. The summed E-state index contributed by atoms with van der Waals surface area (Å²) < 4.78 is 14.2. The molecule has 1 aliphatic rings. The Morgan fingerprint density at radius 3 is 2.85 bits per heavy atom. The lowest BCUT2D eigenvalue weighted by atomic mass is 9.95. The highest BCUT2D eigenvalue weighted by Crippen LogP contribution is 2.27. The van der Waals surface area contributed by atoms with Crippen molar-refractivity contribution in [2.75, 3.05) is 6.54 Å². The van der Waals surface area contributed by atoms with Gasteiger partial charge in [0.2, 0.25) is 0 Å². The summed E-state index contributed by atoms with van der Waals surface area (Å²) in [5.41, 5.74) is 8.60. The van der Waals surface area contributed by atoms with E-state index in [-0.39, 0.29) is 11.5 Å². The van der Waals surface area contributed by atoms with Crippen LogP contribution in [0.2, 0.25) is 0 Å².